The monoisotopic (exact) mass is 854 g/mol. The SMILES string of the molecule is N[C@@H](CCC(=O)N[C@@H](CSc1cc(O)n(CCCCCC(=O)OCOC(=O)NCCCC[C@H](NC(=O)OCc2ccccc2)C(=O)O)c1O)C(=O)NCC(=O)O)C(=O)O. The van der Waals surface area contributed by atoms with Crippen molar-refractivity contribution in [2.24, 2.45) is 5.73 Å². The molecule has 0 unspecified atom stereocenters. The number of rotatable bonds is 28. The Kier molecular flexibility index (Phi) is 22.1. The Morgan fingerprint density at radius 1 is 0.763 bits per heavy atom. The fraction of sp³-hybridized carbons (Fsp3) is 0.500. The van der Waals surface area contributed by atoms with Crippen molar-refractivity contribution in [2.75, 3.05) is 25.6 Å². The molecule has 11 N–H and O–H groups in total. The summed E-state index contributed by atoms with van der Waals surface area (Å²) in [7, 11) is 0. The smallest absolute Gasteiger partial charge is 0.410 e. The van der Waals surface area contributed by atoms with Gasteiger partial charge in [-0.15, -0.1) is 11.8 Å². The Morgan fingerprint density at radius 2 is 1.49 bits per heavy atom. The number of unbranched alkanes of at least 4 members (excludes halogenated alkanes) is 3. The molecule has 0 spiro atoms. The molecule has 0 aliphatic heterocycles. The summed E-state index contributed by atoms with van der Waals surface area (Å²) < 4.78 is 15.9. The number of amides is 4. The van der Waals surface area contributed by atoms with Crippen LogP contribution in [0.5, 0.6) is 11.8 Å². The first-order valence-corrected chi connectivity index (χ1v) is 19.3. The third-order valence-corrected chi connectivity index (χ3v) is 9.26. The van der Waals surface area contributed by atoms with Gasteiger partial charge in [-0.05, 0) is 44.1 Å². The van der Waals surface area contributed by atoms with Crippen LogP contribution in [0.25, 0.3) is 0 Å². The minimum Gasteiger partial charge on any atom is -0.494 e. The van der Waals surface area contributed by atoms with Crippen LogP contribution in [0.15, 0.2) is 41.3 Å². The first-order valence-electron chi connectivity index (χ1n) is 18.3. The number of nitrogens with zero attached hydrogens (tertiary/aromatic N) is 1. The van der Waals surface area contributed by atoms with Gasteiger partial charge >= 0.3 is 36.1 Å². The number of ether oxygens (including phenoxy) is 3. The number of hydrogen-bond donors (Lipinski definition) is 10. The molecule has 0 aliphatic rings. The Balaban J connectivity index is 1.65. The Morgan fingerprint density at radius 3 is 2.17 bits per heavy atom. The average Bonchev–Trinajstić information content (AvgIpc) is 3.46. The van der Waals surface area contributed by atoms with Crippen LogP contribution in [0.4, 0.5) is 9.59 Å². The first-order chi connectivity index (χ1) is 28.1. The van der Waals surface area contributed by atoms with Gasteiger partial charge in [0.25, 0.3) is 0 Å². The second-order valence-electron chi connectivity index (χ2n) is 12.8. The van der Waals surface area contributed by atoms with Gasteiger partial charge in [0.1, 0.15) is 31.3 Å². The molecule has 22 nitrogen and oxygen atoms in total. The molecule has 0 saturated carbocycles. The van der Waals surface area contributed by atoms with Crippen molar-refractivity contribution in [3.8, 4) is 11.8 Å². The van der Waals surface area contributed by atoms with Gasteiger partial charge in [0.2, 0.25) is 24.5 Å². The zero-order chi connectivity index (χ0) is 43.7. The summed E-state index contributed by atoms with van der Waals surface area (Å²) in [5.74, 6) is -6.93. The van der Waals surface area contributed by atoms with E-state index < -0.39 is 79.3 Å². The zero-order valence-electron chi connectivity index (χ0n) is 32.0. The molecule has 0 radical (unpaired) electrons. The van der Waals surface area contributed by atoms with E-state index in [9.17, 15) is 53.7 Å². The number of carboxylic acids is 3. The molecule has 0 fully saturated rings. The number of hydrogen-bond acceptors (Lipinski definition) is 15. The van der Waals surface area contributed by atoms with Crippen LogP contribution in [0.2, 0.25) is 0 Å². The van der Waals surface area contributed by atoms with E-state index in [4.69, 9.17) is 30.2 Å². The van der Waals surface area contributed by atoms with Crippen molar-refractivity contribution in [3.05, 3.63) is 42.0 Å². The summed E-state index contributed by atoms with van der Waals surface area (Å²) in [6.45, 7) is -1.13. The van der Waals surface area contributed by atoms with E-state index >= 15 is 0 Å². The summed E-state index contributed by atoms with van der Waals surface area (Å²) in [5, 5.41) is 57.5. The van der Waals surface area contributed by atoms with Gasteiger partial charge in [-0.3, -0.25) is 28.5 Å². The van der Waals surface area contributed by atoms with Gasteiger partial charge in [-0.1, -0.05) is 36.8 Å². The Bertz CT molecular complexity index is 1730. The predicted molar refractivity (Wildman–Crippen MR) is 205 cm³/mol. The van der Waals surface area contributed by atoms with Crippen LogP contribution in [-0.4, -0.2) is 122 Å². The quantitative estimate of drug-likeness (QED) is 0.0249. The molecule has 0 saturated heterocycles. The number of nitrogens with two attached hydrogens (primary N) is 1. The molecular weight excluding hydrogens is 804 g/mol. The van der Waals surface area contributed by atoms with Crippen LogP contribution >= 0.6 is 11.8 Å². The standard InChI is InChI=1S/C36H50N6O16S/c37-23(33(50)51)13-14-27(43)40-25(31(48)39-18-29(45)46)20-59-26-17-28(44)42(32(26)49)16-8-2-5-12-30(47)57-21-58-35(54)38-15-7-6-11-24(34(52)53)41-36(55)56-19-22-9-3-1-4-10-22/h1,3-4,9-10,17,23-25,44,49H,2,5-8,11-16,18-21,37H2,(H,38,54)(H,39,48)(H,40,43)(H,41,55)(H,45,46)(H,50,51)(H,52,53)/t23-,24-,25-/m0/s1. The number of nitrogens with one attached hydrogen (secondary N) is 4. The van der Waals surface area contributed by atoms with Crippen molar-refractivity contribution < 1.29 is 78.1 Å². The minimum absolute atomic E-state index is 0.0173. The lowest BCUT2D eigenvalue weighted by atomic mass is 10.1. The summed E-state index contributed by atoms with van der Waals surface area (Å²) in [5.41, 5.74) is 6.15. The summed E-state index contributed by atoms with van der Waals surface area (Å²) in [4.78, 5) is 94.4. The third-order valence-electron chi connectivity index (χ3n) is 8.15. The molecule has 3 atom stereocenters. The van der Waals surface area contributed by atoms with Gasteiger partial charge < -0.3 is 66.7 Å². The molecule has 1 aromatic carbocycles. The summed E-state index contributed by atoms with van der Waals surface area (Å²) >= 11 is 0.882. The fourth-order valence-electron chi connectivity index (χ4n) is 4.96. The van der Waals surface area contributed by atoms with Gasteiger partial charge in [-0.2, -0.15) is 0 Å². The number of aromatic nitrogens is 1. The third kappa shape index (κ3) is 20.2. The number of benzene rings is 1. The number of thioether (sulfide) groups is 1. The van der Waals surface area contributed by atoms with Crippen molar-refractivity contribution in [1.82, 2.24) is 25.8 Å². The molecule has 1 aromatic heterocycles. The fourth-order valence-corrected chi connectivity index (χ4v) is 5.97. The average molecular weight is 855 g/mol. The highest BCUT2D eigenvalue weighted by molar-refractivity contribution is 7.99. The highest BCUT2D eigenvalue weighted by Crippen LogP contribution is 2.36. The van der Waals surface area contributed by atoms with Crippen LogP contribution < -0.4 is 27.0 Å². The van der Waals surface area contributed by atoms with Gasteiger partial charge in [-0.25, -0.2) is 14.4 Å². The number of aromatic hydroxyl groups is 2. The predicted octanol–water partition coefficient (Wildman–Crippen LogP) is 1.21. The second kappa shape index (κ2) is 26.6. The van der Waals surface area contributed by atoms with E-state index in [1.54, 1.807) is 30.3 Å². The number of carbonyl (C=O) groups is 8. The van der Waals surface area contributed by atoms with Gasteiger partial charge in [0.15, 0.2) is 5.88 Å². The van der Waals surface area contributed by atoms with E-state index in [1.807, 2.05) is 0 Å². The summed E-state index contributed by atoms with van der Waals surface area (Å²) in [6.07, 6.45) is -0.289. The maximum Gasteiger partial charge on any atom is 0.410 e. The maximum absolute atomic E-state index is 12.6. The van der Waals surface area contributed by atoms with Crippen LogP contribution in [0.1, 0.15) is 63.4 Å². The van der Waals surface area contributed by atoms with Crippen LogP contribution in [0.3, 0.4) is 0 Å². The number of aliphatic carboxylic acids is 3. The molecule has 59 heavy (non-hydrogen) atoms. The molecule has 4 amide bonds. The Labute approximate surface area is 342 Å². The second-order valence-corrected chi connectivity index (χ2v) is 13.8. The van der Waals surface area contributed by atoms with E-state index in [0.717, 1.165) is 17.3 Å². The van der Waals surface area contributed by atoms with E-state index in [2.05, 4.69) is 21.3 Å². The van der Waals surface area contributed by atoms with Crippen molar-refractivity contribution in [2.45, 2.75) is 94.0 Å². The molecule has 326 valence electrons. The number of alkyl carbamates (subject to hydrolysis) is 2. The topological polar surface area (TPSA) is 344 Å². The summed E-state index contributed by atoms with van der Waals surface area (Å²) in [6, 6.07) is 6.31. The molecule has 0 aliphatic carbocycles. The number of carbonyl (C=O) groups excluding carboxylic acids is 5. The van der Waals surface area contributed by atoms with Crippen molar-refractivity contribution >= 4 is 59.6 Å². The molecular formula is C36H50N6O16S. The van der Waals surface area contributed by atoms with Crippen molar-refractivity contribution in [3.63, 3.8) is 0 Å². The zero-order valence-corrected chi connectivity index (χ0v) is 32.8. The molecule has 2 rings (SSSR count). The largest absolute Gasteiger partial charge is 0.494 e. The first kappa shape index (κ1) is 48.9. The van der Waals surface area contributed by atoms with E-state index in [-0.39, 0.29) is 67.8 Å². The minimum atomic E-state index is -1.33. The number of carboxylic acid groups (broad SMARTS) is 3. The molecule has 1 heterocycles. The van der Waals surface area contributed by atoms with Crippen LogP contribution in [0, 0.1) is 0 Å². The van der Waals surface area contributed by atoms with Crippen LogP contribution in [-0.2, 0) is 56.1 Å². The molecule has 23 heteroatoms. The lowest BCUT2D eigenvalue weighted by Gasteiger charge is -2.18. The van der Waals surface area contributed by atoms with Gasteiger partial charge in [0, 0.05) is 37.8 Å². The normalized spacial score (nSPS) is 12.2. The Hall–Kier alpha value is -6.23. The lowest BCUT2D eigenvalue weighted by molar-refractivity contribution is -0.152. The lowest BCUT2D eigenvalue weighted by Crippen LogP contribution is -2.49. The highest BCUT2D eigenvalue weighted by Gasteiger charge is 2.25. The van der Waals surface area contributed by atoms with Gasteiger partial charge in [0.05, 0.1) is 4.90 Å². The number of esters is 1. The van der Waals surface area contributed by atoms with Crippen molar-refractivity contribution in [1.29, 1.82) is 0 Å². The van der Waals surface area contributed by atoms with E-state index in [0.29, 0.717) is 32.1 Å². The highest BCUT2D eigenvalue weighted by atomic mass is 32.2. The molecule has 2 aromatic rings. The molecule has 0 bridgehead atoms. The van der Waals surface area contributed by atoms with E-state index in [1.165, 1.54) is 10.6 Å². The maximum atomic E-state index is 12.6.